The van der Waals surface area contributed by atoms with Gasteiger partial charge < -0.3 is 9.47 Å². The summed E-state index contributed by atoms with van der Waals surface area (Å²) >= 11 is 3.51. The molecule has 1 atom stereocenters. The second-order valence-electron chi connectivity index (χ2n) is 4.87. The Kier molecular flexibility index (Phi) is 5.51. The molecule has 1 fully saturated rings. The smallest absolute Gasteiger partial charge is 0.123 e. The highest BCUT2D eigenvalue weighted by Crippen LogP contribution is 2.23. The van der Waals surface area contributed by atoms with Crippen molar-refractivity contribution in [3.63, 3.8) is 0 Å². The summed E-state index contributed by atoms with van der Waals surface area (Å²) in [7, 11) is 0. The molecule has 18 heavy (non-hydrogen) atoms. The lowest BCUT2D eigenvalue weighted by atomic mass is 10.1. The lowest BCUT2D eigenvalue weighted by molar-refractivity contribution is 0.0981. The number of halogens is 1. The van der Waals surface area contributed by atoms with E-state index in [-0.39, 0.29) is 0 Å². The van der Waals surface area contributed by atoms with Crippen LogP contribution in [-0.2, 0) is 10.1 Å². The van der Waals surface area contributed by atoms with Crippen molar-refractivity contribution in [2.24, 2.45) is 0 Å². The molecule has 1 aliphatic rings. The SMILES string of the molecule is Cc1ccc(OCCCC2CCCO2)c(CBr)c1. The van der Waals surface area contributed by atoms with Crippen LogP contribution in [0.4, 0.5) is 0 Å². The van der Waals surface area contributed by atoms with Crippen molar-refractivity contribution < 1.29 is 9.47 Å². The maximum Gasteiger partial charge on any atom is 0.123 e. The number of aryl methyl sites for hydroxylation is 1. The summed E-state index contributed by atoms with van der Waals surface area (Å²) in [4.78, 5) is 0. The largest absolute Gasteiger partial charge is 0.493 e. The van der Waals surface area contributed by atoms with E-state index in [4.69, 9.17) is 9.47 Å². The molecule has 0 saturated carbocycles. The van der Waals surface area contributed by atoms with Gasteiger partial charge in [-0.25, -0.2) is 0 Å². The number of ether oxygens (including phenoxy) is 2. The topological polar surface area (TPSA) is 18.5 Å². The van der Waals surface area contributed by atoms with E-state index in [1.54, 1.807) is 0 Å². The average molecular weight is 313 g/mol. The van der Waals surface area contributed by atoms with Crippen LogP contribution in [0, 0.1) is 6.92 Å². The molecule has 0 spiro atoms. The van der Waals surface area contributed by atoms with Gasteiger partial charge in [-0.3, -0.25) is 0 Å². The molecule has 1 heterocycles. The van der Waals surface area contributed by atoms with Gasteiger partial charge in [-0.15, -0.1) is 0 Å². The summed E-state index contributed by atoms with van der Waals surface area (Å²) in [5.74, 6) is 1.00. The number of rotatable bonds is 6. The maximum absolute atomic E-state index is 5.86. The van der Waals surface area contributed by atoms with Gasteiger partial charge in [-0.1, -0.05) is 33.6 Å². The zero-order valence-corrected chi connectivity index (χ0v) is 12.5. The van der Waals surface area contributed by atoms with Gasteiger partial charge in [0.25, 0.3) is 0 Å². The molecule has 1 aromatic carbocycles. The molecular formula is C15H21BrO2. The summed E-state index contributed by atoms with van der Waals surface area (Å²) in [5, 5.41) is 0.843. The summed E-state index contributed by atoms with van der Waals surface area (Å²) in [6, 6.07) is 6.34. The first-order chi connectivity index (χ1) is 8.79. The van der Waals surface area contributed by atoms with E-state index in [0.29, 0.717) is 6.10 Å². The fraction of sp³-hybridized carbons (Fsp3) is 0.600. The quantitative estimate of drug-likeness (QED) is 0.578. The van der Waals surface area contributed by atoms with E-state index in [1.165, 1.54) is 24.0 Å². The highest BCUT2D eigenvalue weighted by molar-refractivity contribution is 9.08. The molecule has 1 saturated heterocycles. The molecule has 0 aliphatic carbocycles. The van der Waals surface area contributed by atoms with E-state index in [0.717, 1.165) is 37.1 Å². The van der Waals surface area contributed by atoms with Crippen molar-refractivity contribution in [1.29, 1.82) is 0 Å². The van der Waals surface area contributed by atoms with Crippen LogP contribution in [-0.4, -0.2) is 19.3 Å². The highest BCUT2D eigenvalue weighted by Gasteiger charge is 2.14. The third-order valence-corrected chi connectivity index (χ3v) is 3.92. The van der Waals surface area contributed by atoms with E-state index in [1.807, 2.05) is 0 Å². The van der Waals surface area contributed by atoms with Gasteiger partial charge in [0.15, 0.2) is 0 Å². The van der Waals surface area contributed by atoms with Crippen LogP contribution in [0.3, 0.4) is 0 Å². The summed E-state index contributed by atoms with van der Waals surface area (Å²) < 4.78 is 11.5. The first kappa shape index (κ1) is 13.9. The van der Waals surface area contributed by atoms with Crippen molar-refractivity contribution in [2.75, 3.05) is 13.2 Å². The first-order valence-electron chi connectivity index (χ1n) is 6.69. The van der Waals surface area contributed by atoms with Crippen molar-refractivity contribution in [1.82, 2.24) is 0 Å². The van der Waals surface area contributed by atoms with Gasteiger partial charge >= 0.3 is 0 Å². The predicted octanol–water partition coefficient (Wildman–Crippen LogP) is 4.23. The van der Waals surface area contributed by atoms with Crippen LogP contribution in [0.2, 0.25) is 0 Å². The van der Waals surface area contributed by atoms with Crippen LogP contribution in [0.5, 0.6) is 5.75 Å². The Morgan fingerprint density at radius 1 is 1.44 bits per heavy atom. The van der Waals surface area contributed by atoms with Crippen molar-refractivity contribution in [3.05, 3.63) is 29.3 Å². The zero-order valence-electron chi connectivity index (χ0n) is 11.0. The van der Waals surface area contributed by atoms with Gasteiger partial charge in [-0.05, 0) is 38.7 Å². The number of hydrogen-bond donors (Lipinski definition) is 0. The minimum atomic E-state index is 0.474. The van der Waals surface area contributed by atoms with Crippen molar-refractivity contribution in [3.8, 4) is 5.75 Å². The first-order valence-corrected chi connectivity index (χ1v) is 7.81. The number of benzene rings is 1. The Morgan fingerprint density at radius 2 is 2.33 bits per heavy atom. The third kappa shape index (κ3) is 3.99. The number of alkyl halides is 1. The van der Waals surface area contributed by atoms with Gasteiger partial charge in [0.2, 0.25) is 0 Å². The van der Waals surface area contributed by atoms with Crippen LogP contribution < -0.4 is 4.74 Å². The van der Waals surface area contributed by atoms with Crippen LogP contribution in [0.25, 0.3) is 0 Å². The molecule has 0 aromatic heterocycles. The van der Waals surface area contributed by atoms with Gasteiger partial charge in [0.05, 0.1) is 12.7 Å². The normalized spacial score (nSPS) is 19.1. The number of hydrogen-bond acceptors (Lipinski definition) is 2. The molecule has 0 amide bonds. The Balaban J connectivity index is 1.75. The minimum absolute atomic E-state index is 0.474. The molecular weight excluding hydrogens is 292 g/mol. The van der Waals surface area contributed by atoms with Crippen LogP contribution >= 0.6 is 15.9 Å². The second-order valence-corrected chi connectivity index (χ2v) is 5.43. The molecule has 0 radical (unpaired) electrons. The maximum atomic E-state index is 5.86. The molecule has 0 N–H and O–H groups in total. The molecule has 1 aliphatic heterocycles. The molecule has 0 bridgehead atoms. The summed E-state index contributed by atoms with van der Waals surface area (Å²) in [5.41, 5.74) is 2.50. The molecule has 1 unspecified atom stereocenters. The average Bonchev–Trinajstić information content (AvgIpc) is 2.89. The monoisotopic (exact) mass is 312 g/mol. The van der Waals surface area contributed by atoms with Gasteiger partial charge in [0.1, 0.15) is 5.75 Å². The standard InChI is InChI=1S/C15H21BrO2/c1-12-6-7-15(13(10-12)11-16)18-9-3-5-14-4-2-8-17-14/h6-7,10,14H,2-5,8-9,11H2,1H3. The molecule has 2 nitrogen and oxygen atoms in total. The fourth-order valence-electron chi connectivity index (χ4n) is 2.32. The lowest BCUT2D eigenvalue weighted by Crippen LogP contribution is -2.08. The van der Waals surface area contributed by atoms with Crippen LogP contribution in [0.1, 0.15) is 36.8 Å². The van der Waals surface area contributed by atoms with E-state index >= 15 is 0 Å². The Morgan fingerprint density at radius 3 is 3.06 bits per heavy atom. The Labute approximate surface area is 118 Å². The van der Waals surface area contributed by atoms with Gasteiger partial charge in [0, 0.05) is 17.5 Å². The van der Waals surface area contributed by atoms with Crippen molar-refractivity contribution >= 4 is 15.9 Å². The van der Waals surface area contributed by atoms with E-state index in [2.05, 4.69) is 41.1 Å². The summed E-state index contributed by atoms with van der Waals surface area (Å²) in [6.07, 6.45) is 5.10. The van der Waals surface area contributed by atoms with E-state index < -0.39 is 0 Å². The van der Waals surface area contributed by atoms with Gasteiger partial charge in [-0.2, -0.15) is 0 Å². The molecule has 3 heteroatoms. The molecule has 2 rings (SSSR count). The van der Waals surface area contributed by atoms with E-state index in [9.17, 15) is 0 Å². The minimum Gasteiger partial charge on any atom is -0.493 e. The fourth-order valence-corrected chi connectivity index (χ4v) is 2.76. The third-order valence-electron chi connectivity index (χ3n) is 3.31. The lowest BCUT2D eigenvalue weighted by Gasteiger charge is -2.12. The second kappa shape index (κ2) is 7.15. The highest BCUT2D eigenvalue weighted by atomic mass is 79.9. The molecule has 1 aromatic rings. The molecule has 100 valence electrons. The predicted molar refractivity (Wildman–Crippen MR) is 77.5 cm³/mol. The van der Waals surface area contributed by atoms with Crippen molar-refractivity contribution in [2.45, 2.75) is 44.0 Å². The Hall–Kier alpha value is -0.540. The Bertz CT molecular complexity index is 373. The van der Waals surface area contributed by atoms with Crippen LogP contribution in [0.15, 0.2) is 18.2 Å². The zero-order chi connectivity index (χ0) is 12.8. The summed E-state index contributed by atoms with van der Waals surface area (Å²) in [6.45, 7) is 3.83.